The number of rotatable bonds is 7. The lowest BCUT2D eigenvalue weighted by molar-refractivity contribution is -0.136. The van der Waals surface area contributed by atoms with Crippen LogP contribution in [-0.4, -0.2) is 55.6 Å². The maximum atomic E-state index is 12.4. The quantitative estimate of drug-likeness (QED) is 0.693. The van der Waals surface area contributed by atoms with Crippen molar-refractivity contribution in [2.24, 2.45) is 0 Å². The standard InChI is InChI=1S/C21H26N4O4/c1-28-16-9-7-15(8-10-16)18(25-12-3-4-13-25)14-23-19(26)20(27)24-17-6-5-11-22-21(17)29-2/h5-11,18H,3-4,12-14H2,1-2H3,(H,23,26)(H,24,27). The third-order valence-corrected chi connectivity index (χ3v) is 4.96. The summed E-state index contributed by atoms with van der Waals surface area (Å²) < 4.78 is 10.3. The lowest BCUT2D eigenvalue weighted by Crippen LogP contribution is -2.41. The van der Waals surface area contributed by atoms with Crippen LogP contribution in [0.1, 0.15) is 24.4 Å². The summed E-state index contributed by atoms with van der Waals surface area (Å²) in [6.07, 6.45) is 3.80. The van der Waals surface area contributed by atoms with Crippen molar-refractivity contribution in [3.05, 3.63) is 48.2 Å². The molecule has 1 atom stereocenters. The first kappa shape index (κ1) is 20.6. The molecule has 0 saturated carbocycles. The molecule has 2 aromatic rings. The second-order valence-electron chi connectivity index (χ2n) is 6.76. The van der Waals surface area contributed by atoms with Crippen LogP contribution in [-0.2, 0) is 9.59 Å². The van der Waals surface area contributed by atoms with Crippen molar-refractivity contribution < 1.29 is 19.1 Å². The van der Waals surface area contributed by atoms with Gasteiger partial charge in [0.15, 0.2) is 0 Å². The Morgan fingerprint density at radius 3 is 2.45 bits per heavy atom. The number of amides is 2. The number of anilines is 1. The molecule has 29 heavy (non-hydrogen) atoms. The third-order valence-electron chi connectivity index (χ3n) is 4.96. The molecule has 2 N–H and O–H groups in total. The van der Waals surface area contributed by atoms with Gasteiger partial charge in [0.1, 0.15) is 11.4 Å². The van der Waals surface area contributed by atoms with Crippen molar-refractivity contribution in [1.29, 1.82) is 0 Å². The molecule has 0 aliphatic carbocycles. The molecule has 1 fully saturated rings. The molecule has 1 saturated heterocycles. The van der Waals surface area contributed by atoms with Crippen LogP contribution in [0, 0.1) is 0 Å². The van der Waals surface area contributed by atoms with Crippen molar-refractivity contribution in [3.8, 4) is 11.6 Å². The maximum absolute atomic E-state index is 12.4. The summed E-state index contributed by atoms with van der Waals surface area (Å²) in [7, 11) is 3.08. The number of benzene rings is 1. The number of aromatic nitrogens is 1. The zero-order chi connectivity index (χ0) is 20.6. The highest BCUT2D eigenvalue weighted by Crippen LogP contribution is 2.26. The average Bonchev–Trinajstić information content (AvgIpc) is 3.29. The van der Waals surface area contributed by atoms with Gasteiger partial charge in [-0.2, -0.15) is 0 Å². The summed E-state index contributed by atoms with van der Waals surface area (Å²) in [5.41, 5.74) is 1.42. The summed E-state index contributed by atoms with van der Waals surface area (Å²) in [5, 5.41) is 5.30. The van der Waals surface area contributed by atoms with Gasteiger partial charge in [0.25, 0.3) is 0 Å². The van der Waals surface area contributed by atoms with Crippen LogP contribution in [0.15, 0.2) is 42.6 Å². The van der Waals surface area contributed by atoms with Crippen LogP contribution < -0.4 is 20.1 Å². The fourth-order valence-electron chi connectivity index (χ4n) is 3.43. The topological polar surface area (TPSA) is 92.8 Å². The van der Waals surface area contributed by atoms with Gasteiger partial charge in [0.05, 0.1) is 20.3 Å². The molecule has 0 bridgehead atoms. The smallest absolute Gasteiger partial charge is 0.313 e. The third kappa shape index (κ3) is 5.23. The first-order valence-electron chi connectivity index (χ1n) is 9.58. The summed E-state index contributed by atoms with van der Waals surface area (Å²) in [6, 6.07) is 11.1. The first-order chi connectivity index (χ1) is 14.1. The first-order valence-corrected chi connectivity index (χ1v) is 9.58. The average molecular weight is 398 g/mol. The molecule has 1 aliphatic rings. The van der Waals surface area contributed by atoms with E-state index >= 15 is 0 Å². The molecule has 1 aromatic heterocycles. The predicted octanol–water partition coefficient (Wildman–Crippen LogP) is 1.99. The van der Waals surface area contributed by atoms with Gasteiger partial charge in [-0.1, -0.05) is 12.1 Å². The van der Waals surface area contributed by atoms with Gasteiger partial charge in [-0.05, 0) is 55.8 Å². The van der Waals surface area contributed by atoms with Gasteiger partial charge >= 0.3 is 11.8 Å². The molecule has 8 heteroatoms. The van der Waals surface area contributed by atoms with Gasteiger partial charge in [0, 0.05) is 12.7 Å². The minimum absolute atomic E-state index is 0.00640. The number of methoxy groups -OCH3 is 2. The Bertz CT molecular complexity index is 835. The number of hydrogen-bond donors (Lipinski definition) is 2. The Labute approximate surface area is 170 Å². The van der Waals surface area contributed by atoms with Crippen molar-refractivity contribution >= 4 is 17.5 Å². The van der Waals surface area contributed by atoms with Crippen molar-refractivity contribution in [2.45, 2.75) is 18.9 Å². The molecule has 1 aliphatic heterocycles. The Hall–Kier alpha value is -3.13. The molecular weight excluding hydrogens is 372 g/mol. The molecule has 0 radical (unpaired) electrons. The van der Waals surface area contributed by atoms with E-state index in [9.17, 15) is 9.59 Å². The fourth-order valence-corrected chi connectivity index (χ4v) is 3.43. The zero-order valence-corrected chi connectivity index (χ0v) is 16.7. The fraction of sp³-hybridized carbons (Fsp3) is 0.381. The van der Waals surface area contributed by atoms with Crippen LogP contribution in [0.2, 0.25) is 0 Å². The Morgan fingerprint density at radius 2 is 1.79 bits per heavy atom. The van der Waals surface area contributed by atoms with Gasteiger partial charge in [-0.3, -0.25) is 14.5 Å². The number of ether oxygens (including phenoxy) is 2. The van der Waals surface area contributed by atoms with Crippen LogP contribution in [0.5, 0.6) is 11.6 Å². The number of carbonyl (C=O) groups excluding carboxylic acids is 2. The van der Waals surface area contributed by atoms with E-state index in [0.717, 1.165) is 37.2 Å². The van der Waals surface area contributed by atoms with E-state index in [-0.39, 0.29) is 11.9 Å². The predicted molar refractivity (Wildman–Crippen MR) is 109 cm³/mol. The summed E-state index contributed by atoms with van der Waals surface area (Å²) in [6.45, 7) is 2.26. The number of carbonyl (C=O) groups is 2. The number of hydrogen-bond acceptors (Lipinski definition) is 6. The Kier molecular flexibility index (Phi) is 7.02. The maximum Gasteiger partial charge on any atom is 0.313 e. The van der Waals surface area contributed by atoms with E-state index in [1.807, 2.05) is 24.3 Å². The molecule has 3 rings (SSSR count). The van der Waals surface area contributed by atoms with Gasteiger partial charge in [-0.25, -0.2) is 4.98 Å². The monoisotopic (exact) mass is 398 g/mol. The highest BCUT2D eigenvalue weighted by molar-refractivity contribution is 6.39. The number of nitrogens with one attached hydrogen (secondary N) is 2. The van der Waals surface area contributed by atoms with Crippen molar-refractivity contribution in [3.63, 3.8) is 0 Å². The van der Waals surface area contributed by atoms with Crippen LogP contribution in [0.3, 0.4) is 0 Å². The van der Waals surface area contributed by atoms with E-state index in [1.54, 1.807) is 25.4 Å². The molecule has 0 spiro atoms. The highest BCUT2D eigenvalue weighted by Gasteiger charge is 2.25. The molecule has 2 amide bonds. The Balaban J connectivity index is 1.64. The van der Waals surface area contributed by atoms with Crippen molar-refractivity contribution in [2.75, 3.05) is 39.2 Å². The molecule has 1 aromatic carbocycles. The largest absolute Gasteiger partial charge is 0.497 e. The lowest BCUT2D eigenvalue weighted by atomic mass is 10.1. The second-order valence-corrected chi connectivity index (χ2v) is 6.76. The molecular formula is C21H26N4O4. The number of likely N-dealkylation sites (tertiary alicyclic amines) is 1. The lowest BCUT2D eigenvalue weighted by Gasteiger charge is -2.28. The zero-order valence-electron chi connectivity index (χ0n) is 16.7. The van der Waals surface area contributed by atoms with Gasteiger partial charge in [0.2, 0.25) is 5.88 Å². The van der Waals surface area contributed by atoms with E-state index in [4.69, 9.17) is 9.47 Å². The summed E-state index contributed by atoms with van der Waals surface area (Å²) >= 11 is 0. The summed E-state index contributed by atoms with van der Waals surface area (Å²) in [5.74, 6) is -0.426. The van der Waals surface area contributed by atoms with E-state index in [2.05, 4.69) is 20.5 Å². The SMILES string of the molecule is COc1ccc(C(CNC(=O)C(=O)Nc2cccnc2OC)N2CCCC2)cc1. The highest BCUT2D eigenvalue weighted by atomic mass is 16.5. The molecule has 8 nitrogen and oxygen atoms in total. The molecule has 2 heterocycles. The minimum Gasteiger partial charge on any atom is -0.497 e. The van der Waals surface area contributed by atoms with E-state index in [0.29, 0.717) is 12.2 Å². The summed E-state index contributed by atoms with van der Waals surface area (Å²) in [4.78, 5) is 31.0. The molecule has 1 unspecified atom stereocenters. The van der Waals surface area contributed by atoms with E-state index in [1.165, 1.54) is 7.11 Å². The minimum atomic E-state index is -0.758. The second kappa shape index (κ2) is 9.88. The van der Waals surface area contributed by atoms with Crippen LogP contribution in [0.25, 0.3) is 0 Å². The van der Waals surface area contributed by atoms with Crippen LogP contribution in [0.4, 0.5) is 5.69 Å². The Morgan fingerprint density at radius 1 is 1.07 bits per heavy atom. The van der Waals surface area contributed by atoms with Gasteiger partial charge < -0.3 is 20.1 Å². The van der Waals surface area contributed by atoms with Gasteiger partial charge in [-0.15, -0.1) is 0 Å². The number of nitrogens with zero attached hydrogens (tertiary/aromatic N) is 2. The normalized spacial score (nSPS) is 14.8. The van der Waals surface area contributed by atoms with Crippen LogP contribution >= 0.6 is 0 Å². The van der Waals surface area contributed by atoms with E-state index < -0.39 is 11.8 Å². The number of pyridine rings is 1. The van der Waals surface area contributed by atoms with Crippen molar-refractivity contribution in [1.82, 2.24) is 15.2 Å². The molecule has 154 valence electrons.